The van der Waals surface area contributed by atoms with Gasteiger partial charge in [0.2, 0.25) is 11.6 Å². The second-order valence-corrected chi connectivity index (χ2v) is 6.39. The molecule has 3 rings (SSSR count). The van der Waals surface area contributed by atoms with Crippen molar-refractivity contribution in [1.29, 1.82) is 0 Å². The van der Waals surface area contributed by atoms with Crippen molar-refractivity contribution in [3.05, 3.63) is 52.1 Å². The molecule has 1 aromatic heterocycles. The number of ether oxygens (including phenoxy) is 3. The number of nitrogens with zero attached hydrogens (tertiary/aromatic N) is 3. The number of hydrogen-bond acceptors (Lipinski definition) is 9. The molecule has 0 atom stereocenters. The van der Waals surface area contributed by atoms with Gasteiger partial charge in [-0.1, -0.05) is 30.0 Å². The van der Waals surface area contributed by atoms with Gasteiger partial charge in [0.1, 0.15) is 0 Å². The summed E-state index contributed by atoms with van der Waals surface area (Å²) in [6.45, 7) is 0. The molecule has 0 fully saturated rings. The lowest BCUT2D eigenvalue weighted by atomic mass is 10.2. The van der Waals surface area contributed by atoms with E-state index in [2.05, 4.69) is 10.2 Å². The van der Waals surface area contributed by atoms with Gasteiger partial charge in [-0.3, -0.25) is 10.1 Å². The Hall–Kier alpha value is -3.27. The number of para-hydroxylation sites is 1. The molecule has 0 unspecified atom stereocenters. The van der Waals surface area contributed by atoms with Crippen molar-refractivity contribution in [3.8, 4) is 28.7 Å². The van der Waals surface area contributed by atoms with Gasteiger partial charge < -0.3 is 18.6 Å². The van der Waals surface area contributed by atoms with E-state index in [1.54, 1.807) is 30.3 Å². The maximum Gasteiger partial charge on any atom is 0.277 e. The number of methoxy groups -OCH3 is 3. The fourth-order valence-electron chi connectivity index (χ4n) is 2.54. The Kier molecular flexibility index (Phi) is 5.99. The van der Waals surface area contributed by atoms with Crippen LogP contribution >= 0.6 is 11.8 Å². The van der Waals surface area contributed by atoms with Crippen molar-refractivity contribution in [2.75, 3.05) is 21.3 Å². The van der Waals surface area contributed by atoms with Gasteiger partial charge in [-0.05, 0) is 12.1 Å². The first kappa shape index (κ1) is 19.5. The highest BCUT2D eigenvalue weighted by atomic mass is 32.2. The van der Waals surface area contributed by atoms with E-state index in [0.29, 0.717) is 39.4 Å². The number of rotatable bonds is 8. The summed E-state index contributed by atoms with van der Waals surface area (Å²) in [6.07, 6.45) is 0. The fourth-order valence-corrected chi connectivity index (χ4v) is 3.30. The van der Waals surface area contributed by atoms with Crippen molar-refractivity contribution in [3.63, 3.8) is 0 Å². The van der Waals surface area contributed by atoms with Gasteiger partial charge in [0, 0.05) is 22.9 Å². The molecule has 9 nitrogen and oxygen atoms in total. The summed E-state index contributed by atoms with van der Waals surface area (Å²) in [5, 5.41) is 19.4. The molecule has 0 radical (unpaired) electrons. The summed E-state index contributed by atoms with van der Waals surface area (Å²) < 4.78 is 21.6. The first-order chi connectivity index (χ1) is 13.6. The molecule has 0 N–H and O–H groups in total. The van der Waals surface area contributed by atoms with E-state index < -0.39 is 4.92 Å². The number of thioether (sulfide) groups is 1. The van der Waals surface area contributed by atoms with Crippen molar-refractivity contribution in [1.82, 2.24) is 10.2 Å². The summed E-state index contributed by atoms with van der Waals surface area (Å²) in [4.78, 5) is 10.7. The molecule has 0 aliphatic rings. The van der Waals surface area contributed by atoms with E-state index in [-0.39, 0.29) is 11.6 Å². The predicted octanol–water partition coefficient (Wildman–Crippen LogP) is 3.96. The van der Waals surface area contributed by atoms with Crippen LogP contribution in [0.2, 0.25) is 0 Å². The summed E-state index contributed by atoms with van der Waals surface area (Å²) in [5.74, 6) is 1.98. The second kappa shape index (κ2) is 8.61. The van der Waals surface area contributed by atoms with E-state index in [1.807, 2.05) is 0 Å². The molecule has 0 saturated heterocycles. The lowest BCUT2D eigenvalue weighted by Gasteiger charge is -2.12. The van der Waals surface area contributed by atoms with Crippen LogP contribution < -0.4 is 14.2 Å². The zero-order valence-electron chi connectivity index (χ0n) is 15.4. The lowest BCUT2D eigenvalue weighted by molar-refractivity contribution is -0.385. The van der Waals surface area contributed by atoms with E-state index in [0.717, 1.165) is 0 Å². The van der Waals surface area contributed by atoms with Gasteiger partial charge in [0.05, 0.1) is 26.3 Å². The molecule has 0 bridgehead atoms. The van der Waals surface area contributed by atoms with Gasteiger partial charge in [0.25, 0.3) is 10.9 Å². The van der Waals surface area contributed by atoms with Crippen LogP contribution in [0.25, 0.3) is 11.5 Å². The topological polar surface area (TPSA) is 110 Å². The van der Waals surface area contributed by atoms with Crippen LogP contribution in [0.15, 0.2) is 46.0 Å². The third-order valence-electron chi connectivity index (χ3n) is 3.86. The number of nitro benzene ring substituents is 1. The van der Waals surface area contributed by atoms with Gasteiger partial charge in [-0.25, -0.2) is 0 Å². The molecule has 0 saturated carbocycles. The maximum atomic E-state index is 11.1. The van der Waals surface area contributed by atoms with E-state index >= 15 is 0 Å². The average molecular weight is 403 g/mol. The third-order valence-corrected chi connectivity index (χ3v) is 4.72. The van der Waals surface area contributed by atoms with Gasteiger partial charge in [-0.15, -0.1) is 10.2 Å². The Labute approximate surface area is 164 Å². The first-order valence-electron chi connectivity index (χ1n) is 8.06. The Morgan fingerprint density at radius 1 is 1.07 bits per heavy atom. The average Bonchev–Trinajstić information content (AvgIpc) is 3.20. The highest BCUT2D eigenvalue weighted by molar-refractivity contribution is 7.98. The van der Waals surface area contributed by atoms with E-state index in [9.17, 15) is 10.1 Å². The fraction of sp³-hybridized carbons (Fsp3) is 0.222. The summed E-state index contributed by atoms with van der Waals surface area (Å²) in [5.41, 5.74) is 1.23. The van der Waals surface area contributed by atoms with Gasteiger partial charge in [-0.2, -0.15) is 0 Å². The zero-order chi connectivity index (χ0) is 20.1. The van der Waals surface area contributed by atoms with Gasteiger partial charge in [0.15, 0.2) is 11.5 Å². The van der Waals surface area contributed by atoms with Crippen LogP contribution in [0.1, 0.15) is 5.56 Å². The maximum absolute atomic E-state index is 11.1. The monoisotopic (exact) mass is 403 g/mol. The minimum absolute atomic E-state index is 0.0550. The minimum atomic E-state index is -0.412. The Balaban J connectivity index is 1.82. The SMILES string of the molecule is COc1cc(-c2nnc(SCc3ccccc3[N+](=O)[O-])o2)cc(OC)c1OC. The molecule has 10 heteroatoms. The quantitative estimate of drug-likeness (QED) is 0.313. The summed E-state index contributed by atoms with van der Waals surface area (Å²) >= 11 is 1.22. The third kappa shape index (κ3) is 4.01. The Morgan fingerprint density at radius 3 is 2.36 bits per heavy atom. The van der Waals surface area contributed by atoms with Gasteiger partial charge >= 0.3 is 0 Å². The number of nitro groups is 1. The first-order valence-corrected chi connectivity index (χ1v) is 9.05. The smallest absolute Gasteiger partial charge is 0.277 e. The molecule has 146 valence electrons. The number of hydrogen-bond donors (Lipinski definition) is 0. The van der Waals surface area contributed by atoms with E-state index in [1.165, 1.54) is 39.2 Å². The number of aromatic nitrogens is 2. The molecular formula is C18H17N3O6S. The molecular weight excluding hydrogens is 386 g/mol. The largest absolute Gasteiger partial charge is 0.493 e. The molecule has 2 aromatic carbocycles. The Morgan fingerprint density at radius 2 is 1.75 bits per heavy atom. The van der Waals surface area contributed by atoms with Crippen molar-refractivity contribution in [2.45, 2.75) is 11.0 Å². The molecule has 0 spiro atoms. The molecule has 0 amide bonds. The second-order valence-electron chi connectivity index (χ2n) is 5.46. The van der Waals surface area contributed by atoms with Crippen LogP contribution in [-0.2, 0) is 5.75 Å². The molecule has 0 aliphatic heterocycles. The van der Waals surface area contributed by atoms with Crippen molar-refractivity contribution in [2.24, 2.45) is 0 Å². The highest BCUT2D eigenvalue weighted by Crippen LogP contribution is 2.41. The minimum Gasteiger partial charge on any atom is -0.493 e. The summed E-state index contributed by atoms with van der Waals surface area (Å²) in [7, 11) is 4.55. The van der Waals surface area contributed by atoms with Crippen LogP contribution in [-0.4, -0.2) is 36.5 Å². The van der Waals surface area contributed by atoms with E-state index in [4.69, 9.17) is 18.6 Å². The van der Waals surface area contributed by atoms with Crippen LogP contribution in [0.5, 0.6) is 17.2 Å². The van der Waals surface area contributed by atoms with Crippen LogP contribution in [0, 0.1) is 10.1 Å². The standard InChI is InChI=1S/C18H17N3O6S/c1-24-14-8-12(9-15(25-2)16(14)26-3)17-19-20-18(27-17)28-10-11-6-4-5-7-13(11)21(22)23/h4-9H,10H2,1-3H3. The van der Waals surface area contributed by atoms with Crippen molar-refractivity contribution >= 4 is 17.4 Å². The zero-order valence-corrected chi connectivity index (χ0v) is 16.2. The predicted molar refractivity (Wildman–Crippen MR) is 102 cm³/mol. The molecule has 3 aromatic rings. The molecule has 28 heavy (non-hydrogen) atoms. The highest BCUT2D eigenvalue weighted by Gasteiger charge is 2.18. The summed E-state index contributed by atoms with van der Waals surface area (Å²) in [6, 6.07) is 9.93. The number of benzene rings is 2. The van der Waals surface area contributed by atoms with Crippen LogP contribution in [0.4, 0.5) is 5.69 Å². The van der Waals surface area contributed by atoms with Crippen molar-refractivity contribution < 1.29 is 23.6 Å². The normalized spacial score (nSPS) is 10.5. The lowest BCUT2D eigenvalue weighted by Crippen LogP contribution is -1.95. The van der Waals surface area contributed by atoms with Crippen LogP contribution in [0.3, 0.4) is 0 Å². The Bertz CT molecular complexity index is 966. The molecule has 0 aliphatic carbocycles. The molecule has 1 heterocycles.